The van der Waals surface area contributed by atoms with Gasteiger partial charge in [0.15, 0.2) is 0 Å². The molecule has 2 heteroatoms. The Morgan fingerprint density at radius 2 is 1.76 bits per heavy atom. The van der Waals surface area contributed by atoms with Crippen molar-refractivity contribution in [2.45, 2.75) is 83.7 Å². The normalized spacial score (nSPS) is 46.7. The molecule has 1 aromatic rings. The molecule has 5 rings (SSSR count). The van der Waals surface area contributed by atoms with Gasteiger partial charge in [-0.3, -0.25) is 4.79 Å². The van der Waals surface area contributed by atoms with Gasteiger partial charge in [-0.25, -0.2) is 0 Å². The number of ketones is 1. The van der Waals surface area contributed by atoms with Gasteiger partial charge in [0.05, 0.1) is 5.60 Å². The van der Waals surface area contributed by atoms with E-state index >= 15 is 0 Å². The van der Waals surface area contributed by atoms with Gasteiger partial charge < -0.3 is 4.74 Å². The zero-order valence-electron chi connectivity index (χ0n) is 18.6. The highest BCUT2D eigenvalue weighted by atomic mass is 16.5. The molecule has 0 heterocycles. The summed E-state index contributed by atoms with van der Waals surface area (Å²) in [6, 6.07) is 10.9. The molecule has 2 nitrogen and oxygen atoms in total. The first-order chi connectivity index (χ1) is 13.9. The van der Waals surface area contributed by atoms with Crippen LogP contribution in [0.5, 0.6) is 0 Å². The predicted molar refractivity (Wildman–Crippen MR) is 117 cm³/mol. The molecule has 1 unspecified atom stereocenters. The van der Waals surface area contributed by atoms with Crippen LogP contribution in [0.15, 0.2) is 30.3 Å². The molecular weight excluding hydrogens is 356 g/mol. The van der Waals surface area contributed by atoms with Gasteiger partial charge in [0.2, 0.25) is 0 Å². The Balaban J connectivity index is 1.37. The van der Waals surface area contributed by atoms with E-state index in [4.69, 9.17) is 4.74 Å². The minimum absolute atomic E-state index is 0.00261. The summed E-state index contributed by atoms with van der Waals surface area (Å²) in [5.74, 6) is 3.59. The minimum Gasteiger partial charge on any atom is -0.378 e. The molecule has 4 saturated carbocycles. The standard InChI is InChI=1S/C27H38O2/c1-25-15-16-27(29-3,17-19-7-5-4-6-8-19)18-20(25)9-10-21-22-11-12-24(28)26(22,2)14-13-23(21)25/h4-8,20-23H,9-18H2,1-3H3/t20?,21-,22-,23-,25-,26-,27-/m0/s1. The lowest BCUT2D eigenvalue weighted by Gasteiger charge is -2.61. The van der Waals surface area contributed by atoms with Gasteiger partial charge in [-0.2, -0.15) is 0 Å². The SMILES string of the molecule is CO[C@]1(Cc2ccccc2)CC[C@@]2(C)C(CC[C@@H]3[C@@H]2CC[C@]2(C)C(=O)CC[C@@H]32)C1. The van der Waals surface area contributed by atoms with Crippen LogP contribution in [0, 0.1) is 34.5 Å². The molecular formula is C27H38O2. The summed E-state index contributed by atoms with van der Waals surface area (Å²) in [6.45, 7) is 4.91. The molecule has 0 spiro atoms. The third-order valence-corrected chi connectivity index (χ3v) is 10.3. The molecule has 158 valence electrons. The van der Waals surface area contributed by atoms with Crippen molar-refractivity contribution < 1.29 is 9.53 Å². The number of hydrogen-bond acceptors (Lipinski definition) is 2. The van der Waals surface area contributed by atoms with E-state index in [0.717, 1.165) is 43.4 Å². The molecule has 0 bridgehead atoms. The fraction of sp³-hybridized carbons (Fsp3) is 0.741. The van der Waals surface area contributed by atoms with Crippen LogP contribution in [0.2, 0.25) is 0 Å². The monoisotopic (exact) mass is 394 g/mol. The maximum atomic E-state index is 12.6. The van der Waals surface area contributed by atoms with E-state index in [1.54, 1.807) is 0 Å². The summed E-state index contributed by atoms with van der Waals surface area (Å²) in [7, 11) is 1.94. The Kier molecular flexibility index (Phi) is 4.74. The van der Waals surface area contributed by atoms with E-state index in [9.17, 15) is 4.79 Å². The van der Waals surface area contributed by atoms with Gasteiger partial charge in [0.1, 0.15) is 5.78 Å². The predicted octanol–water partition coefficient (Wildman–Crippen LogP) is 6.23. The van der Waals surface area contributed by atoms with Crippen molar-refractivity contribution in [3.8, 4) is 0 Å². The highest BCUT2D eigenvalue weighted by Crippen LogP contribution is 2.66. The van der Waals surface area contributed by atoms with Gasteiger partial charge >= 0.3 is 0 Å². The Hall–Kier alpha value is -1.15. The van der Waals surface area contributed by atoms with E-state index in [1.165, 1.54) is 44.1 Å². The molecule has 4 aliphatic rings. The molecule has 0 aliphatic heterocycles. The van der Waals surface area contributed by atoms with E-state index in [1.807, 2.05) is 7.11 Å². The van der Waals surface area contributed by atoms with Crippen molar-refractivity contribution in [1.29, 1.82) is 0 Å². The molecule has 0 N–H and O–H groups in total. The minimum atomic E-state index is 0.00261. The van der Waals surface area contributed by atoms with Crippen molar-refractivity contribution in [1.82, 2.24) is 0 Å². The fourth-order valence-corrected chi connectivity index (χ4v) is 8.46. The van der Waals surface area contributed by atoms with E-state index in [-0.39, 0.29) is 11.0 Å². The second-order valence-electron chi connectivity index (χ2n) is 11.3. The van der Waals surface area contributed by atoms with Gasteiger partial charge in [-0.1, -0.05) is 44.2 Å². The van der Waals surface area contributed by atoms with Crippen LogP contribution in [-0.4, -0.2) is 18.5 Å². The van der Waals surface area contributed by atoms with Crippen LogP contribution in [0.1, 0.15) is 77.2 Å². The maximum Gasteiger partial charge on any atom is 0.139 e. The number of Topliss-reactive ketones (excluding diaryl/α,β-unsaturated/α-hetero) is 1. The molecule has 0 radical (unpaired) electrons. The van der Waals surface area contributed by atoms with Crippen LogP contribution in [-0.2, 0) is 16.0 Å². The fourth-order valence-electron chi connectivity index (χ4n) is 8.46. The molecule has 1 aromatic carbocycles. The molecule has 0 amide bonds. The second kappa shape index (κ2) is 6.94. The highest BCUT2D eigenvalue weighted by molar-refractivity contribution is 5.87. The highest BCUT2D eigenvalue weighted by Gasteiger charge is 2.61. The average molecular weight is 395 g/mol. The third kappa shape index (κ3) is 2.96. The van der Waals surface area contributed by atoms with E-state index < -0.39 is 0 Å². The first-order valence-corrected chi connectivity index (χ1v) is 12.0. The molecule has 29 heavy (non-hydrogen) atoms. The summed E-state index contributed by atoms with van der Waals surface area (Å²) in [5, 5.41) is 0. The van der Waals surface area contributed by atoms with Crippen LogP contribution in [0.25, 0.3) is 0 Å². The first-order valence-electron chi connectivity index (χ1n) is 12.0. The summed E-state index contributed by atoms with van der Waals surface area (Å²) in [4.78, 5) is 12.6. The Labute approximate surface area is 176 Å². The Morgan fingerprint density at radius 1 is 0.966 bits per heavy atom. The van der Waals surface area contributed by atoms with Crippen molar-refractivity contribution in [3.05, 3.63) is 35.9 Å². The summed E-state index contributed by atoms with van der Waals surface area (Å²) >= 11 is 0. The molecule has 0 saturated heterocycles. The van der Waals surface area contributed by atoms with Crippen molar-refractivity contribution >= 4 is 5.78 Å². The lowest BCUT2D eigenvalue weighted by atomic mass is 9.44. The van der Waals surface area contributed by atoms with Crippen molar-refractivity contribution in [2.75, 3.05) is 7.11 Å². The number of hydrogen-bond donors (Lipinski definition) is 0. The summed E-state index contributed by atoms with van der Waals surface area (Å²) < 4.78 is 6.27. The zero-order valence-corrected chi connectivity index (χ0v) is 18.6. The van der Waals surface area contributed by atoms with Crippen LogP contribution in [0.4, 0.5) is 0 Å². The van der Waals surface area contributed by atoms with Gasteiger partial charge in [-0.05, 0) is 86.0 Å². The topological polar surface area (TPSA) is 26.3 Å². The number of methoxy groups -OCH3 is 1. The number of fused-ring (bicyclic) bond motifs is 5. The molecule has 0 aromatic heterocycles. The zero-order chi connectivity index (χ0) is 20.3. The number of benzene rings is 1. The number of carbonyl (C=O) groups excluding carboxylic acids is 1. The second-order valence-corrected chi connectivity index (χ2v) is 11.3. The Morgan fingerprint density at radius 3 is 2.52 bits per heavy atom. The van der Waals surface area contributed by atoms with Crippen LogP contribution < -0.4 is 0 Å². The van der Waals surface area contributed by atoms with Gasteiger partial charge in [0, 0.05) is 25.4 Å². The van der Waals surface area contributed by atoms with E-state index in [0.29, 0.717) is 17.1 Å². The molecule has 7 atom stereocenters. The van der Waals surface area contributed by atoms with E-state index in [2.05, 4.69) is 44.2 Å². The van der Waals surface area contributed by atoms with Crippen molar-refractivity contribution in [2.24, 2.45) is 34.5 Å². The lowest BCUT2D eigenvalue weighted by molar-refractivity contribution is -0.160. The average Bonchev–Trinajstić information content (AvgIpc) is 3.04. The molecule has 4 fully saturated rings. The smallest absolute Gasteiger partial charge is 0.139 e. The molecule has 4 aliphatic carbocycles. The Bertz CT molecular complexity index is 772. The third-order valence-electron chi connectivity index (χ3n) is 10.3. The van der Waals surface area contributed by atoms with Crippen molar-refractivity contribution in [3.63, 3.8) is 0 Å². The quantitative estimate of drug-likeness (QED) is 0.608. The first kappa shape index (κ1) is 19.8. The van der Waals surface area contributed by atoms with Crippen LogP contribution in [0.3, 0.4) is 0 Å². The summed E-state index contributed by atoms with van der Waals surface area (Å²) in [6.07, 6.45) is 11.8. The van der Waals surface area contributed by atoms with Gasteiger partial charge in [-0.15, -0.1) is 0 Å². The number of carbonyl (C=O) groups is 1. The number of rotatable bonds is 3. The number of ether oxygens (including phenoxy) is 1. The summed E-state index contributed by atoms with van der Waals surface area (Å²) in [5.41, 5.74) is 1.85. The largest absolute Gasteiger partial charge is 0.378 e. The van der Waals surface area contributed by atoms with Gasteiger partial charge in [0.25, 0.3) is 0 Å². The lowest BCUT2D eigenvalue weighted by Crippen LogP contribution is -2.56. The maximum absolute atomic E-state index is 12.6. The van der Waals surface area contributed by atoms with Crippen LogP contribution >= 0.6 is 0 Å².